The molecule has 10 heteroatoms. The summed E-state index contributed by atoms with van der Waals surface area (Å²) in [4.78, 5) is 6.79. The van der Waals surface area contributed by atoms with Crippen molar-refractivity contribution in [3.05, 3.63) is 72.7 Å². The Bertz CT molecular complexity index is 1590. The first-order valence-corrected chi connectivity index (χ1v) is 12.3. The zero-order valence-corrected chi connectivity index (χ0v) is 20.8. The molecule has 1 saturated heterocycles. The number of hydrogen-bond donors (Lipinski definition) is 0. The maximum Gasteiger partial charge on any atom is 0.212 e. The summed E-state index contributed by atoms with van der Waals surface area (Å²) < 4.78 is 10.8. The summed E-state index contributed by atoms with van der Waals surface area (Å²) >= 11 is 0. The maximum atomic E-state index is 9.72. The summed E-state index contributed by atoms with van der Waals surface area (Å²) in [5.74, 6) is 0.629. The Hall–Kier alpha value is -4.49. The predicted octanol–water partition coefficient (Wildman–Crippen LogP) is 3.71. The number of hydrogen-bond acceptors (Lipinski definition) is 7. The van der Waals surface area contributed by atoms with E-state index in [1.165, 1.54) is 5.56 Å². The quantitative estimate of drug-likeness (QED) is 0.355. The fourth-order valence-corrected chi connectivity index (χ4v) is 5.10. The summed E-state index contributed by atoms with van der Waals surface area (Å²) in [5.41, 5.74) is 6.35. The zero-order valence-electron chi connectivity index (χ0n) is 20.8. The van der Waals surface area contributed by atoms with E-state index >= 15 is 0 Å². The third kappa shape index (κ3) is 4.45. The Kier molecular flexibility index (Phi) is 5.90. The first kappa shape index (κ1) is 22.9. The minimum Gasteiger partial charge on any atom is -0.481 e. The average molecular weight is 494 g/mol. The number of aromatic nitrogens is 7. The summed E-state index contributed by atoms with van der Waals surface area (Å²) in [7, 11) is 3.52. The lowest BCUT2D eigenvalue weighted by Crippen LogP contribution is -2.36. The number of nitriles is 1. The molecule has 1 aliphatic heterocycles. The topological polar surface area (TPSA) is 102 Å². The number of pyridine rings is 2. The highest BCUT2D eigenvalue weighted by Crippen LogP contribution is 2.33. The van der Waals surface area contributed by atoms with Crippen LogP contribution in [0.2, 0.25) is 0 Å². The number of fused-ring (bicyclic) bond motifs is 1. The van der Waals surface area contributed by atoms with Crippen LogP contribution in [0.25, 0.3) is 27.8 Å². The molecule has 0 aromatic carbocycles. The van der Waals surface area contributed by atoms with Gasteiger partial charge in [-0.3, -0.25) is 14.3 Å². The van der Waals surface area contributed by atoms with Crippen molar-refractivity contribution in [1.82, 2.24) is 39.1 Å². The Morgan fingerprint density at radius 1 is 1.03 bits per heavy atom. The lowest BCUT2D eigenvalue weighted by Gasteiger charge is -2.32. The molecule has 5 aromatic rings. The first-order valence-electron chi connectivity index (χ1n) is 12.3. The van der Waals surface area contributed by atoms with E-state index in [0.717, 1.165) is 60.2 Å². The highest BCUT2D eigenvalue weighted by molar-refractivity contribution is 5.87. The van der Waals surface area contributed by atoms with E-state index in [4.69, 9.17) is 9.84 Å². The molecule has 0 radical (unpaired) electrons. The third-order valence-corrected chi connectivity index (χ3v) is 6.95. The molecular weight excluding hydrogens is 466 g/mol. The van der Waals surface area contributed by atoms with Gasteiger partial charge in [-0.25, -0.2) is 9.50 Å². The van der Waals surface area contributed by atoms with E-state index in [1.807, 2.05) is 44.1 Å². The second-order valence-electron chi connectivity index (χ2n) is 9.46. The standard InChI is InChI=1S/C27H27N9O/c1-33-15-22(12-30-33)20-8-25(27-21(9-28)11-32-36(27)16-20)23-13-31-35(17-23)24-4-3-7-34(18-24)14-19-5-6-26(37-2)29-10-19/h5-6,8,10-13,15-17,24H,3-4,7,14,18H2,1-2H3/t24-/m0/s1. The zero-order chi connectivity index (χ0) is 25.4. The van der Waals surface area contributed by atoms with Crippen LogP contribution >= 0.6 is 0 Å². The molecule has 0 aliphatic carbocycles. The van der Waals surface area contributed by atoms with Gasteiger partial charge in [0.1, 0.15) is 6.07 Å². The summed E-state index contributed by atoms with van der Waals surface area (Å²) in [6.07, 6.45) is 15.4. The second kappa shape index (κ2) is 9.52. The molecule has 0 N–H and O–H groups in total. The van der Waals surface area contributed by atoms with E-state index in [1.54, 1.807) is 22.5 Å². The van der Waals surface area contributed by atoms with Gasteiger partial charge in [-0.2, -0.15) is 20.6 Å². The predicted molar refractivity (Wildman–Crippen MR) is 138 cm³/mol. The summed E-state index contributed by atoms with van der Waals surface area (Å²) in [5, 5.41) is 23.2. The fraction of sp³-hybridized carbons (Fsp3) is 0.296. The van der Waals surface area contributed by atoms with Crippen LogP contribution in [-0.2, 0) is 13.6 Å². The fourth-order valence-electron chi connectivity index (χ4n) is 5.10. The number of rotatable bonds is 6. The SMILES string of the molecule is COc1ccc(CN2CCC[C@H](n3cc(-c4cc(-c5cnn(C)c5)cn5ncc(C#N)c45)cn3)C2)cn1. The van der Waals surface area contributed by atoms with E-state index in [0.29, 0.717) is 11.4 Å². The molecule has 1 fully saturated rings. The van der Waals surface area contributed by atoms with Gasteiger partial charge in [0.05, 0.1) is 42.8 Å². The summed E-state index contributed by atoms with van der Waals surface area (Å²) in [6, 6.07) is 8.63. The lowest BCUT2D eigenvalue weighted by molar-refractivity contribution is 0.163. The molecule has 5 aromatic heterocycles. The third-order valence-electron chi connectivity index (χ3n) is 6.95. The van der Waals surface area contributed by atoms with Gasteiger partial charge in [0.25, 0.3) is 0 Å². The minimum atomic E-state index is 0.270. The number of piperidine rings is 1. The van der Waals surface area contributed by atoms with Gasteiger partial charge in [-0.1, -0.05) is 6.07 Å². The molecule has 6 rings (SSSR count). The number of ether oxygens (including phenoxy) is 1. The Morgan fingerprint density at radius 2 is 1.92 bits per heavy atom. The number of methoxy groups -OCH3 is 1. The molecule has 186 valence electrons. The van der Waals surface area contributed by atoms with Crippen LogP contribution in [-0.4, -0.2) is 59.3 Å². The van der Waals surface area contributed by atoms with Crippen LogP contribution in [0.5, 0.6) is 5.88 Å². The Labute approximate surface area is 214 Å². The van der Waals surface area contributed by atoms with Crippen molar-refractivity contribution < 1.29 is 4.74 Å². The van der Waals surface area contributed by atoms with Crippen molar-refractivity contribution in [2.75, 3.05) is 20.2 Å². The van der Waals surface area contributed by atoms with Gasteiger partial charge in [0.2, 0.25) is 5.88 Å². The normalized spacial score (nSPS) is 16.2. The lowest BCUT2D eigenvalue weighted by atomic mass is 10.0. The molecule has 0 spiro atoms. The van der Waals surface area contributed by atoms with Gasteiger partial charge in [0.15, 0.2) is 0 Å². The molecule has 0 amide bonds. The largest absolute Gasteiger partial charge is 0.481 e. The number of aryl methyl sites for hydroxylation is 1. The number of likely N-dealkylation sites (tertiary alicyclic amines) is 1. The molecule has 6 heterocycles. The number of nitrogens with zero attached hydrogens (tertiary/aromatic N) is 9. The molecule has 1 atom stereocenters. The van der Waals surface area contributed by atoms with Gasteiger partial charge in [-0.15, -0.1) is 0 Å². The van der Waals surface area contributed by atoms with Crippen LogP contribution in [0.3, 0.4) is 0 Å². The first-order chi connectivity index (χ1) is 18.1. The molecular formula is C27H27N9O. The van der Waals surface area contributed by atoms with E-state index in [2.05, 4.69) is 49.2 Å². The van der Waals surface area contributed by atoms with Gasteiger partial charge < -0.3 is 4.74 Å². The smallest absolute Gasteiger partial charge is 0.212 e. The Morgan fingerprint density at radius 3 is 2.68 bits per heavy atom. The highest BCUT2D eigenvalue weighted by atomic mass is 16.5. The van der Waals surface area contributed by atoms with Crippen molar-refractivity contribution in [2.45, 2.75) is 25.4 Å². The van der Waals surface area contributed by atoms with E-state index < -0.39 is 0 Å². The van der Waals surface area contributed by atoms with Crippen molar-refractivity contribution in [1.29, 1.82) is 5.26 Å². The van der Waals surface area contributed by atoms with Gasteiger partial charge in [-0.05, 0) is 31.0 Å². The minimum absolute atomic E-state index is 0.270. The van der Waals surface area contributed by atoms with Crippen LogP contribution in [0.15, 0.2) is 61.6 Å². The highest BCUT2D eigenvalue weighted by Gasteiger charge is 2.23. The van der Waals surface area contributed by atoms with Crippen LogP contribution in [0.1, 0.15) is 30.0 Å². The van der Waals surface area contributed by atoms with Crippen molar-refractivity contribution in [3.8, 4) is 34.2 Å². The second-order valence-corrected chi connectivity index (χ2v) is 9.46. The molecule has 37 heavy (non-hydrogen) atoms. The van der Waals surface area contributed by atoms with E-state index in [-0.39, 0.29) is 6.04 Å². The van der Waals surface area contributed by atoms with Gasteiger partial charge >= 0.3 is 0 Å². The van der Waals surface area contributed by atoms with Gasteiger partial charge in [0, 0.05) is 73.2 Å². The van der Waals surface area contributed by atoms with Crippen LogP contribution in [0.4, 0.5) is 0 Å². The average Bonchev–Trinajstić information content (AvgIpc) is 3.68. The molecule has 0 bridgehead atoms. The Balaban J connectivity index is 1.29. The van der Waals surface area contributed by atoms with Crippen LogP contribution in [0, 0.1) is 11.3 Å². The van der Waals surface area contributed by atoms with E-state index in [9.17, 15) is 5.26 Å². The summed E-state index contributed by atoms with van der Waals surface area (Å²) in [6.45, 7) is 2.80. The van der Waals surface area contributed by atoms with Crippen molar-refractivity contribution in [3.63, 3.8) is 0 Å². The van der Waals surface area contributed by atoms with Crippen LogP contribution < -0.4 is 4.74 Å². The maximum absolute atomic E-state index is 9.72. The molecule has 0 unspecified atom stereocenters. The van der Waals surface area contributed by atoms with Crippen molar-refractivity contribution >= 4 is 5.52 Å². The molecule has 1 aliphatic rings. The van der Waals surface area contributed by atoms with Crippen molar-refractivity contribution in [2.24, 2.45) is 7.05 Å². The molecule has 10 nitrogen and oxygen atoms in total. The molecule has 0 saturated carbocycles. The monoisotopic (exact) mass is 493 g/mol.